The second-order valence-corrected chi connectivity index (χ2v) is 25.0. The predicted octanol–water partition coefficient (Wildman–Crippen LogP) is -4.02. The maximum absolute atomic E-state index is 16.1. The molecule has 24 N–H and O–H groups in total. The number of aliphatic hydroxyl groups excluding tert-OH is 1. The van der Waals surface area contributed by atoms with Gasteiger partial charge in [-0.05, 0) is 68.6 Å². The van der Waals surface area contributed by atoms with Crippen LogP contribution in [0.2, 0.25) is 0 Å². The Balaban J connectivity index is 0.0000191. The van der Waals surface area contributed by atoms with Gasteiger partial charge in [-0.1, -0.05) is 81.4 Å². The fourth-order valence-electron chi connectivity index (χ4n) is 11.6. The third-order valence-electron chi connectivity index (χ3n) is 17.2. The van der Waals surface area contributed by atoms with E-state index >= 15 is 9.18 Å². The maximum Gasteiger partial charge on any atom is 1.00 e. The zero-order valence-corrected chi connectivity index (χ0v) is 59.2. The van der Waals surface area contributed by atoms with Crippen LogP contribution in [0.15, 0.2) is 90.6 Å². The van der Waals surface area contributed by atoms with Gasteiger partial charge >= 0.3 is 19.5 Å². The molecule has 0 saturated carbocycles. The number of aliphatic imine (C=N–C) groups is 1. The fourth-order valence-corrected chi connectivity index (χ4v) is 11.6. The molecule has 2 aromatic heterocycles. The van der Waals surface area contributed by atoms with Crippen LogP contribution in [0, 0.1) is 6.54 Å². The molecule has 2 aliphatic heterocycles. The Morgan fingerprint density at radius 3 is 2.14 bits per heavy atom. The van der Waals surface area contributed by atoms with Crippen molar-refractivity contribution in [2.45, 2.75) is 176 Å². The molecule has 103 heavy (non-hydrogen) atoms. The molecular formula is C67H97FN21O13Ru. The molecule has 1 radical (unpaired) electrons. The van der Waals surface area contributed by atoms with Gasteiger partial charge in [0, 0.05) is 86.3 Å². The SMILES string of the molecule is C=C(NC1CCC(=O)NCCCC[C@@H](C(N)=O)NC(=O)C(Cc2c[nH]c3ccccc23)NC(=O)[C@H](CCCN=C(N)N)NC(=O)[C@@H](Cc2ccccc2)NC(=O)[C@@H]2CC(F)CN2C1=O)[C@H](CCCC)NC(=O)C(CO)NC(=O)[C@H](Cc1cnc[nH]1)NC(=O)C(CCC(N)=O)N[CH-]CNC(=O)CN.[Ru+]. The summed E-state index contributed by atoms with van der Waals surface area (Å²) in [4.78, 5) is 182. The average Bonchev–Trinajstić information content (AvgIpc) is 1.70. The van der Waals surface area contributed by atoms with E-state index in [0.717, 1.165) is 15.8 Å². The molecule has 2 aliphatic rings. The molecule has 6 rings (SSSR count). The Bertz CT molecular complexity index is 3550. The van der Waals surface area contributed by atoms with Crippen molar-refractivity contribution in [2.24, 2.45) is 33.7 Å². The number of guanidine groups is 1. The van der Waals surface area contributed by atoms with Crippen molar-refractivity contribution in [3.8, 4) is 0 Å². The molecule has 0 spiro atoms. The molecule has 36 heteroatoms. The molecule has 4 heterocycles. The van der Waals surface area contributed by atoms with E-state index in [2.05, 4.69) is 85.0 Å². The van der Waals surface area contributed by atoms with Gasteiger partial charge in [-0.3, -0.25) is 62.5 Å². The summed E-state index contributed by atoms with van der Waals surface area (Å²) in [6.45, 7) is 5.46. The monoisotopic (exact) mass is 1520 g/mol. The van der Waals surface area contributed by atoms with Gasteiger partial charge in [0.05, 0.1) is 38.1 Å². The standard InChI is InChI=1S/C67H97FN21O13.Ru/c1-3-4-16-44(82-64(100)53(36-90)88-63(99)52(31-42-34-74-37-80-42)86-59(95)47(20-22-55(70)91)75-26-27-77-57(93)32-69)38(2)81-49-21-23-56(92)76-24-11-10-18-46(58(71)94)83-62(98)51(29-40-33-79-45-17-9-8-15-43(40)45)85-60(96)48(19-12-25-78-67(72)73)84-61(97)50(28-39-13-6-5-7-14-39)87-65(101)54-30-41(68)35-89(54)66(49)102;/h5-9,13-15,17,26,33-34,37,41,44,46-54,75,79,81,90H,2-4,10-12,16,18-25,27-32,35-36,69H2,1H3,(H2,70,91)(H2,71,94)(H,74,80)(H,76,92)(H,77,93)(H,82,100)(H,83,98)(H,84,97)(H,85,96)(H,86,95)(H,87,101)(H,88,99)(H4,72,73,78);/q-1;+1/t41?,44-,46-,47?,48-,49?,50+,51?,52-,53?,54-;/m0./s1. The van der Waals surface area contributed by atoms with Crippen molar-refractivity contribution in [2.75, 3.05) is 39.3 Å². The predicted molar refractivity (Wildman–Crippen MR) is 373 cm³/mol. The number of rotatable bonds is 32. The van der Waals surface area contributed by atoms with Gasteiger partial charge in [-0.25, -0.2) is 15.9 Å². The first-order chi connectivity index (χ1) is 48.9. The zero-order valence-electron chi connectivity index (χ0n) is 57.4. The van der Waals surface area contributed by atoms with Crippen LogP contribution in [-0.4, -0.2) is 208 Å². The quantitative estimate of drug-likeness (QED) is 0.00728. The summed E-state index contributed by atoms with van der Waals surface area (Å²) in [6.07, 6.45) is 2.13. The number of hydrogen-bond acceptors (Lipinski definition) is 18. The van der Waals surface area contributed by atoms with Gasteiger partial charge in [0.1, 0.15) is 54.5 Å². The summed E-state index contributed by atoms with van der Waals surface area (Å²) in [5.74, 6) is -9.97. The number of amides is 12. The van der Waals surface area contributed by atoms with E-state index in [-0.39, 0.29) is 141 Å². The van der Waals surface area contributed by atoms with Crippen LogP contribution < -0.4 is 87.2 Å². The van der Waals surface area contributed by atoms with Crippen molar-refractivity contribution in [3.05, 3.63) is 109 Å². The van der Waals surface area contributed by atoms with E-state index in [1.165, 1.54) is 19.1 Å². The topological polar surface area (TPSA) is 548 Å². The van der Waals surface area contributed by atoms with Crippen molar-refractivity contribution >= 4 is 87.7 Å². The molecule has 11 atom stereocenters. The molecule has 2 saturated heterocycles. The largest absolute Gasteiger partial charge is 1.00 e. The molecule has 2 fully saturated rings. The average molecular weight is 1520 g/mol. The first-order valence-corrected chi connectivity index (χ1v) is 34.0. The minimum atomic E-state index is -1.78. The van der Waals surface area contributed by atoms with Crippen LogP contribution in [-0.2, 0) is 96.3 Å². The van der Waals surface area contributed by atoms with Gasteiger partial charge in [-0.15, -0.1) is 0 Å². The van der Waals surface area contributed by atoms with Crippen molar-refractivity contribution in [3.63, 3.8) is 0 Å². The number of halogens is 1. The van der Waals surface area contributed by atoms with Crippen molar-refractivity contribution in [1.29, 1.82) is 0 Å². The molecule has 12 amide bonds. The van der Waals surface area contributed by atoms with E-state index in [0.29, 0.717) is 29.7 Å². The number of aromatic amines is 2. The number of benzene rings is 2. The number of nitrogens with zero attached hydrogens (tertiary/aromatic N) is 3. The molecular weight excluding hydrogens is 1430 g/mol. The van der Waals surface area contributed by atoms with Gasteiger partial charge in [0.2, 0.25) is 70.9 Å². The number of nitrogens with one attached hydrogen (secondary N) is 13. The third-order valence-corrected chi connectivity index (χ3v) is 17.2. The number of alkyl halides is 1. The van der Waals surface area contributed by atoms with E-state index in [4.69, 9.17) is 28.7 Å². The van der Waals surface area contributed by atoms with Gasteiger partial charge < -0.3 is 107 Å². The second kappa shape index (κ2) is 43.1. The van der Waals surface area contributed by atoms with Gasteiger partial charge in [-0.2, -0.15) is 0 Å². The Morgan fingerprint density at radius 1 is 0.786 bits per heavy atom. The molecule has 0 bridgehead atoms. The fraction of sp³-hybridized carbons (Fsp3) is 0.507. The number of H-pyrrole nitrogens is 2. The first kappa shape index (κ1) is 83.7. The normalized spacial score (nSPS) is 20.7. The smallest absolute Gasteiger partial charge is 0.458 e. The minimum Gasteiger partial charge on any atom is -0.458 e. The Labute approximate surface area is 608 Å². The second-order valence-electron chi connectivity index (χ2n) is 25.0. The summed E-state index contributed by atoms with van der Waals surface area (Å²) in [7, 11) is 0. The van der Waals surface area contributed by atoms with Gasteiger partial charge in [0.25, 0.3) is 0 Å². The van der Waals surface area contributed by atoms with E-state index in [9.17, 15) is 57.8 Å². The van der Waals surface area contributed by atoms with E-state index in [1.54, 1.807) is 42.6 Å². The van der Waals surface area contributed by atoms with Gasteiger partial charge in [0.15, 0.2) is 5.96 Å². The van der Waals surface area contributed by atoms with Crippen LogP contribution >= 0.6 is 0 Å². The van der Waals surface area contributed by atoms with Crippen LogP contribution in [0.1, 0.15) is 107 Å². The van der Waals surface area contributed by atoms with Crippen LogP contribution in [0.25, 0.3) is 10.9 Å². The number of nitrogens with two attached hydrogens (primary N) is 5. The number of hydrogen-bond donors (Lipinski definition) is 19. The van der Waals surface area contributed by atoms with Crippen LogP contribution in [0.5, 0.6) is 0 Å². The number of unbranched alkanes of at least 4 members (excludes halogenated alkanes) is 1. The molecule has 4 aromatic rings. The number of carbonyl (C=O) groups is 12. The number of fused-ring (bicyclic) bond motifs is 2. The number of carbonyl (C=O) groups excluding carboxylic acids is 12. The molecule has 5 unspecified atom stereocenters. The van der Waals surface area contributed by atoms with Crippen LogP contribution in [0.3, 0.4) is 0 Å². The summed E-state index contributed by atoms with van der Waals surface area (Å²) < 4.78 is 16.1. The maximum atomic E-state index is 16.1. The summed E-state index contributed by atoms with van der Waals surface area (Å²) in [5, 5.41) is 41.3. The first-order valence-electron chi connectivity index (χ1n) is 34.0. The zero-order chi connectivity index (χ0) is 74.3. The van der Waals surface area contributed by atoms with E-state index in [1.807, 2.05) is 25.1 Å². The number of para-hydroxylation sites is 1. The number of aromatic nitrogens is 3. The Hall–Kier alpha value is -9.93. The third kappa shape index (κ3) is 27.4. The summed E-state index contributed by atoms with van der Waals surface area (Å²) >= 11 is 0. The number of imidazole rings is 1. The molecule has 0 aliphatic carbocycles. The minimum absolute atomic E-state index is 0. The molecule has 563 valence electrons. The molecule has 34 nitrogen and oxygen atoms in total. The Morgan fingerprint density at radius 2 is 1.45 bits per heavy atom. The van der Waals surface area contributed by atoms with Crippen LogP contribution in [0.4, 0.5) is 4.39 Å². The van der Waals surface area contributed by atoms with E-state index < -0.39 is 157 Å². The molecule has 2 aromatic carbocycles. The summed E-state index contributed by atoms with van der Waals surface area (Å²) in [6, 6.07) is 1.72. The number of primary amides is 2. The Kier molecular flexibility index (Phi) is 35.1. The summed E-state index contributed by atoms with van der Waals surface area (Å²) in [5.41, 5.74) is 30.1. The van der Waals surface area contributed by atoms with Crippen molar-refractivity contribution in [1.82, 2.24) is 78.3 Å². The number of aliphatic hydroxyl groups is 1. The van der Waals surface area contributed by atoms with Crippen molar-refractivity contribution < 1.29 is 86.5 Å².